The van der Waals surface area contributed by atoms with E-state index in [4.69, 9.17) is 16.3 Å². The Balaban J connectivity index is 1.39. The van der Waals surface area contributed by atoms with Crippen molar-refractivity contribution in [2.24, 2.45) is 5.92 Å². The quantitative estimate of drug-likeness (QED) is 0.558. The third-order valence-corrected chi connectivity index (χ3v) is 5.55. The molecule has 0 radical (unpaired) electrons. The minimum absolute atomic E-state index is 0.518. The van der Waals surface area contributed by atoms with E-state index in [1.54, 1.807) is 6.33 Å². The van der Waals surface area contributed by atoms with Crippen molar-refractivity contribution in [3.63, 3.8) is 0 Å². The zero-order valence-electron chi connectivity index (χ0n) is 16.0. The smallest absolute Gasteiger partial charge is 0.224 e. The Labute approximate surface area is 171 Å². The third-order valence-electron chi connectivity index (χ3n) is 5.23. The molecule has 0 bridgehead atoms. The first kappa shape index (κ1) is 18.8. The molecule has 2 heterocycles. The van der Waals surface area contributed by atoms with E-state index < -0.39 is 0 Å². The minimum atomic E-state index is 0.518. The lowest BCUT2D eigenvalue weighted by Gasteiger charge is -2.32. The van der Waals surface area contributed by atoms with Gasteiger partial charge in [-0.2, -0.15) is 0 Å². The first-order chi connectivity index (χ1) is 13.7. The SMILES string of the molecule is Cc1ccc(Cl)c(Oc2cc(N3CCC(Cc4ccccc4)CC3)ncn2)c1. The van der Waals surface area contributed by atoms with E-state index in [0.29, 0.717) is 16.7 Å². The highest BCUT2D eigenvalue weighted by Gasteiger charge is 2.21. The van der Waals surface area contributed by atoms with Crippen molar-refractivity contribution in [1.82, 2.24) is 9.97 Å². The van der Waals surface area contributed by atoms with Crippen molar-refractivity contribution < 1.29 is 4.74 Å². The maximum absolute atomic E-state index is 6.24. The standard InChI is InChI=1S/C23H24ClN3O/c1-17-7-8-20(24)21(13-17)28-23-15-22(25-16-26-23)27-11-9-19(10-12-27)14-18-5-3-2-4-6-18/h2-8,13,15-16,19H,9-12,14H2,1H3. The number of halogens is 1. The summed E-state index contributed by atoms with van der Waals surface area (Å²) in [6.45, 7) is 4.01. The van der Waals surface area contributed by atoms with Gasteiger partial charge in [-0.15, -0.1) is 0 Å². The van der Waals surface area contributed by atoms with Gasteiger partial charge in [0.15, 0.2) is 0 Å². The summed E-state index contributed by atoms with van der Waals surface area (Å²) in [7, 11) is 0. The van der Waals surface area contributed by atoms with Crippen LogP contribution in [0.3, 0.4) is 0 Å². The molecule has 0 aliphatic carbocycles. The summed E-state index contributed by atoms with van der Waals surface area (Å²) in [5.74, 6) is 2.77. The highest BCUT2D eigenvalue weighted by atomic mass is 35.5. The molecule has 0 N–H and O–H groups in total. The van der Waals surface area contributed by atoms with Crippen LogP contribution in [-0.2, 0) is 6.42 Å². The molecule has 3 aromatic rings. The summed E-state index contributed by atoms with van der Waals surface area (Å²) in [5, 5.41) is 0.576. The summed E-state index contributed by atoms with van der Waals surface area (Å²) in [4.78, 5) is 11.0. The maximum Gasteiger partial charge on any atom is 0.224 e. The largest absolute Gasteiger partial charge is 0.437 e. The zero-order chi connectivity index (χ0) is 19.3. The van der Waals surface area contributed by atoms with Gasteiger partial charge in [-0.25, -0.2) is 9.97 Å². The highest BCUT2D eigenvalue weighted by Crippen LogP contribution is 2.31. The van der Waals surface area contributed by atoms with Crippen LogP contribution in [0.4, 0.5) is 5.82 Å². The number of hydrogen-bond donors (Lipinski definition) is 0. The molecule has 28 heavy (non-hydrogen) atoms. The van der Waals surface area contributed by atoms with Crippen molar-refractivity contribution in [2.75, 3.05) is 18.0 Å². The lowest BCUT2D eigenvalue weighted by Crippen LogP contribution is -2.34. The maximum atomic E-state index is 6.24. The van der Waals surface area contributed by atoms with Crippen LogP contribution in [-0.4, -0.2) is 23.1 Å². The first-order valence-corrected chi connectivity index (χ1v) is 10.1. The van der Waals surface area contributed by atoms with Crippen molar-refractivity contribution in [3.8, 4) is 11.6 Å². The van der Waals surface area contributed by atoms with Crippen LogP contribution in [0, 0.1) is 12.8 Å². The van der Waals surface area contributed by atoms with Gasteiger partial charge in [0.05, 0.1) is 5.02 Å². The van der Waals surface area contributed by atoms with Gasteiger partial charge in [-0.05, 0) is 55.4 Å². The van der Waals surface area contributed by atoms with Crippen molar-refractivity contribution in [2.45, 2.75) is 26.2 Å². The van der Waals surface area contributed by atoms with E-state index in [9.17, 15) is 0 Å². The Morgan fingerprint density at radius 3 is 2.61 bits per heavy atom. The van der Waals surface area contributed by atoms with Crippen LogP contribution in [0.1, 0.15) is 24.0 Å². The fourth-order valence-electron chi connectivity index (χ4n) is 3.67. The number of ether oxygens (including phenoxy) is 1. The van der Waals surface area contributed by atoms with Gasteiger partial charge in [0, 0.05) is 19.2 Å². The minimum Gasteiger partial charge on any atom is -0.437 e. The summed E-state index contributed by atoms with van der Waals surface area (Å²) in [6.07, 6.45) is 5.04. The van der Waals surface area contributed by atoms with Crippen LogP contribution in [0.5, 0.6) is 11.6 Å². The van der Waals surface area contributed by atoms with E-state index in [1.807, 2.05) is 31.2 Å². The Morgan fingerprint density at radius 1 is 1.04 bits per heavy atom. The van der Waals surface area contributed by atoms with Crippen LogP contribution < -0.4 is 9.64 Å². The third kappa shape index (κ3) is 4.63. The van der Waals surface area contributed by atoms with Crippen molar-refractivity contribution in [1.29, 1.82) is 0 Å². The number of anilines is 1. The van der Waals surface area contributed by atoms with Crippen LogP contribution in [0.2, 0.25) is 5.02 Å². The monoisotopic (exact) mass is 393 g/mol. The van der Waals surface area contributed by atoms with E-state index in [0.717, 1.165) is 36.8 Å². The first-order valence-electron chi connectivity index (χ1n) is 9.72. The summed E-state index contributed by atoms with van der Waals surface area (Å²) >= 11 is 6.24. The summed E-state index contributed by atoms with van der Waals surface area (Å²) in [6, 6.07) is 18.4. The predicted molar refractivity (Wildman–Crippen MR) is 113 cm³/mol. The zero-order valence-corrected chi connectivity index (χ0v) is 16.8. The lowest BCUT2D eigenvalue weighted by molar-refractivity contribution is 0.401. The molecule has 5 heteroatoms. The molecule has 0 saturated carbocycles. The number of hydrogen-bond acceptors (Lipinski definition) is 4. The lowest BCUT2D eigenvalue weighted by atomic mass is 9.90. The molecule has 4 nitrogen and oxygen atoms in total. The second-order valence-corrected chi connectivity index (χ2v) is 7.78. The molecule has 0 amide bonds. The molecule has 4 rings (SSSR count). The van der Waals surface area contributed by atoms with E-state index in [1.165, 1.54) is 18.4 Å². The van der Waals surface area contributed by atoms with Crippen molar-refractivity contribution >= 4 is 17.4 Å². The molecule has 1 aliphatic heterocycles. The van der Waals surface area contributed by atoms with Crippen LogP contribution in [0.25, 0.3) is 0 Å². The fourth-order valence-corrected chi connectivity index (χ4v) is 3.83. The Bertz CT molecular complexity index is 924. The molecule has 0 atom stereocenters. The number of nitrogens with zero attached hydrogens (tertiary/aromatic N) is 3. The van der Waals surface area contributed by atoms with Gasteiger partial charge < -0.3 is 9.64 Å². The van der Waals surface area contributed by atoms with Crippen LogP contribution in [0.15, 0.2) is 60.9 Å². The van der Waals surface area contributed by atoms with E-state index >= 15 is 0 Å². The number of aryl methyl sites for hydroxylation is 1. The molecule has 2 aromatic carbocycles. The van der Waals surface area contributed by atoms with E-state index in [-0.39, 0.29) is 0 Å². The Kier molecular flexibility index (Phi) is 5.77. The molecule has 1 aromatic heterocycles. The number of rotatable bonds is 5. The second kappa shape index (κ2) is 8.61. The molecule has 1 aliphatic rings. The second-order valence-electron chi connectivity index (χ2n) is 7.37. The Hall–Kier alpha value is -2.59. The molecule has 1 fully saturated rings. The van der Waals surface area contributed by atoms with Gasteiger partial charge in [-0.1, -0.05) is 48.0 Å². The van der Waals surface area contributed by atoms with Gasteiger partial charge in [0.25, 0.3) is 0 Å². The fraction of sp³-hybridized carbons (Fsp3) is 0.304. The topological polar surface area (TPSA) is 38.2 Å². The molecule has 1 saturated heterocycles. The normalized spacial score (nSPS) is 14.9. The van der Waals surface area contributed by atoms with Gasteiger partial charge in [-0.3, -0.25) is 0 Å². The van der Waals surface area contributed by atoms with Gasteiger partial charge in [0.1, 0.15) is 17.9 Å². The predicted octanol–water partition coefficient (Wildman–Crippen LogP) is 5.69. The Morgan fingerprint density at radius 2 is 1.82 bits per heavy atom. The van der Waals surface area contributed by atoms with E-state index in [2.05, 4.69) is 45.2 Å². The van der Waals surface area contributed by atoms with Gasteiger partial charge in [0.2, 0.25) is 5.88 Å². The van der Waals surface area contributed by atoms with Crippen LogP contribution >= 0.6 is 11.6 Å². The number of piperidine rings is 1. The number of aromatic nitrogens is 2. The van der Waals surface area contributed by atoms with Gasteiger partial charge >= 0.3 is 0 Å². The summed E-state index contributed by atoms with van der Waals surface area (Å²) < 4.78 is 5.91. The summed E-state index contributed by atoms with van der Waals surface area (Å²) in [5.41, 5.74) is 2.52. The number of benzene rings is 2. The molecule has 0 unspecified atom stereocenters. The molecule has 0 spiro atoms. The molecule has 144 valence electrons. The average molecular weight is 394 g/mol. The highest BCUT2D eigenvalue weighted by molar-refractivity contribution is 6.32. The average Bonchev–Trinajstić information content (AvgIpc) is 2.72. The molecular weight excluding hydrogens is 370 g/mol. The molecular formula is C23H24ClN3O. The van der Waals surface area contributed by atoms with Crippen molar-refractivity contribution in [3.05, 3.63) is 77.1 Å².